The quantitative estimate of drug-likeness (QED) is 0.872. The van der Waals surface area contributed by atoms with Crippen LogP contribution in [-0.4, -0.2) is 34.2 Å². The highest BCUT2D eigenvalue weighted by molar-refractivity contribution is 6.30. The molecule has 1 aromatic carbocycles. The van der Waals surface area contributed by atoms with Gasteiger partial charge in [-0.05, 0) is 30.5 Å². The van der Waals surface area contributed by atoms with E-state index >= 15 is 0 Å². The van der Waals surface area contributed by atoms with Gasteiger partial charge in [0.1, 0.15) is 5.82 Å². The molecule has 0 spiro atoms. The maximum atomic E-state index is 14.1. The molecule has 1 unspecified atom stereocenters. The zero-order valence-corrected chi connectivity index (χ0v) is 14.5. The van der Waals surface area contributed by atoms with Gasteiger partial charge in [0.25, 0.3) is 0 Å². The number of rotatable bonds is 2. The Morgan fingerprint density at radius 2 is 2.24 bits per heavy atom. The van der Waals surface area contributed by atoms with E-state index in [1.165, 1.54) is 6.07 Å². The van der Waals surface area contributed by atoms with E-state index in [4.69, 9.17) is 11.6 Å². The molecule has 1 atom stereocenters. The summed E-state index contributed by atoms with van der Waals surface area (Å²) in [7, 11) is 0. The van der Waals surface area contributed by atoms with E-state index in [1.54, 1.807) is 35.4 Å². The van der Waals surface area contributed by atoms with Gasteiger partial charge in [0, 0.05) is 24.8 Å². The van der Waals surface area contributed by atoms with Crippen molar-refractivity contribution >= 4 is 29.5 Å². The number of hydrogen-bond donors (Lipinski definition) is 1. The zero-order chi connectivity index (χ0) is 17.8. The Hall–Kier alpha value is -2.47. The molecule has 130 valence electrons. The predicted molar refractivity (Wildman–Crippen MR) is 95.8 cm³/mol. The molecule has 25 heavy (non-hydrogen) atoms. The van der Waals surface area contributed by atoms with Crippen molar-refractivity contribution in [3.05, 3.63) is 58.5 Å². The molecule has 1 N–H and O–H groups in total. The Morgan fingerprint density at radius 1 is 1.40 bits per heavy atom. The fraction of sp³-hybridized carbons (Fsp3) is 0.278. The number of halogens is 2. The second kappa shape index (κ2) is 7.61. The highest BCUT2D eigenvalue weighted by Crippen LogP contribution is 2.27. The minimum atomic E-state index is -0.410. The molecule has 0 aliphatic carbocycles. The monoisotopic (exact) mass is 360 g/mol. The minimum Gasteiger partial charge on any atom is -0.324 e. The summed E-state index contributed by atoms with van der Waals surface area (Å²) in [4.78, 5) is 14.1. The summed E-state index contributed by atoms with van der Waals surface area (Å²) < 4.78 is 14.1. The van der Waals surface area contributed by atoms with Crippen molar-refractivity contribution in [1.29, 1.82) is 0 Å². The Labute approximate surface area is 150 Å². The second-order valence-electron chi connectivity index (χ2n) is 6.00. The predicted octanol–water partition coefficient (Wildman–Crippen LogP) is 4.23. The van der Waals surface area contributed by atoms with Crippen LogP contribution in [0.4, 0.5) is 15.0 Å². The average Bonchev–Trinajstić information content (AvgIpc) is 2.61. The lowest BCUT2D eigenvalue weighted by Crippen LogP contribution is -2.42. The molecular weight excluding hydrogens is 343 g/mol. The summed E-state index contributed by atoms with van der Waals surface area (Å²) >= 11 is 5.83. The van der Waals surface area contributed by atoms with Crippen molar-refractivity contribution in [3.63, 3.8) is 0 Å². The van der Waals surface area contributed by atoms with Crippen LogP contribution in [0.15, 0.2) is 42.1 Å². The summed E-state index contributed by atoms with van der Waals surface area (Å²) in [6, 6.07) is 8.15. The number of piperidine rings is 1. The number of carbonyl (C=O) groups is 1. The largest absolute Gasteiger partial charge is 0.324 e. The van der Waals surface area contributed by atoms with E-state index in [2.05, 4.69) is 15.5 Å². The van der Waals surface area contributed by atoms with Crippen LogP contribution in [0.25, 0.3) is 6.08 Å². The van der Waals surface area contributed by atoms with Crippen LogP contribution in [0, 0.1) is 11.7 Å². The smallest absolute Gasteiger partial charge is 0.323 e. The van der Waals surface area contributed by atoms with Gasteiger partial charge in [-0.3, -0.25) is 5.32 Å². The average molecular weight is 361 g/mol. The van der Waals surface area contributed by atoms with Crippen molar-refractivity contribution in [2.45, 2.75) is 13.3 Å². The van der Waals surface area contributed by atoms with E-state index < -0.39 is 5.82 Å². The first-order chi connectivity index (χ1) is 12.0. The Bertz CT molecular complexity index is 797. The highest BCUT2D eigenvalue weighted by Gasteiger charge is 2.25. The van der Waals surface area contributed by atoms with Crippen molar-refractivity contribution in [2.24, 2.45) is 5.92 Å². The van der Waals surface area contributed by atoms with Gasteiger partial charge in [0.2, 0.25) is 0 Å². The molecule has 0 bridgehead atoms. The minimum absolute atomic E-state index is 0.114. The summed E-state index contributed by atoms with van der Waals surface area (Å²) in [5.41, 5.74) is 1.58. The molecule has 7 heteroatoms. The summed E-state index contributed by atoms with van der Waals surface area (Å²) in [6.45, 7) is 3.14. The summed E-state index contributed by atoms with van der Waals surface area (Å²) in [6.07, 6.45) is 4.06. The molecule has 1 fully saturated rings. The van der Waals surface area contributed by atoms with E-state index in [1.807, 2.05) is 13.0 Å². The SMILES string of the molecule is CC1CN(C(=O)Nc2cccnn2)CC/C1=C\c1cccc(Cl)c1F. The molecule has 2 heterocycles. The molecular formula is C18H18ClFN4O. The van der Waals surface area contributed by atoms with E-state index in [9.17, 15) is 9.18 Å². The van der Waals surface area contributed by atoms with Crippen molar-refractivity contribution in [2.75, 3.05) is 18.4 Å². The van der Waals surface area contributed by atoms with Crippen molar-refractivity contribution < 1.29 is 9.18 Å². The fourth-order valence-corrected chi connectivity index (χ4v) is 3.02. The Kier molecular flexibility index (Phi) is 5.28. The van der Waals surface area contributed by atoms with Gasteiger partial charge in [-0.2, -0.15) is 5.10 Å². The van der Waals surface area contributed by atoms with Crippen LogP contribution in [0.2, 0.25) is 5.02 Å². The van der Waals surface area contributed by atoms with Gasteiger partial charge in [-0.15, -0.1) is 5.10 Å². The second-order valence-corrected chi connectivity index (χ2v) is 6.41. The molecule has 0 saturated carbocycles. The van der Waals surface area contributed by atoms with Crippen LogP contribution in [0.5, 0.6) is 0 Å². The lowest BCUT2D eigenvalue weighted by atomic mass is 9.91. The fourth-order valence-electron chi connectivity index (χ4n) is 2.84. The third kappa shape index (κ3) is 4.14. The van der Waals surface area contributed by atoms with Gasteiger partial charge in [0.05, 0.1) is 5.02 Å². The molecule has 1 aliphatic rings. The number of amides is 2. The van der Waals surface area contributed by atoms with Crippen molar-refractivity contribution in [3.8, 4) is 0 Å². The first kappa shape index (κ1) is 17.4. The number of nitrogens with zero attached hydrogens (tertiary/aromatic N) is 3. The number of benzene rings is 1. The van der Waals surface area contributed by atoms with E-state index in [0.717, 1.165) is 5.57 Å². The van der Waals surface area contributed by atoms with Crippen LogP contribution in [-0.2, 0) is 0 Å². The van der Waals surface area contributed by atoms with Crippen LogP contribution in [0.1, 0.15) is 18.9 Å². The maximum Gasteiger partial charge on any atom is 0.323 e. The first-order valence-electron chi connectivity index (χ1n) is 8.02. The molecule has 3 rings (SSSR count). The number of aromatic nitrogens is 2. The zero-order valence-electron chi connectivity index (χ0n) is 13.7. The summed E-state index contributed by atoms with van der Waals surface area (Å²) in [5, 5.41) is 10.4. The van der Waals surface area contributed by atoms with E-state index in [0.29, 0.717) is 30.9 Å². The molecule has 2 amide bonds. The number of hydrogen-bond acceptors (Lipinski definition) is 3. The third-order valence-corrected chi connectivity index (χ3v) is 4.51. The topological polar surface area (TPSA) is 58.1 Å². The standard InChI is InChI=1S/C18H18ClFN4O/c1-12-11-24(18(25)22-16-6-3-8-21-23-16)9-7-13(12)10-14-4-2-5-15(19)17(14)20/h2-6,8,10,12H,7,9,11H2,1H3,(H,22,23,25)/b13-10+. The summed E-state index contributed by atoms with van der Waals surface area (Å²) in [5.74, 6) is 0.133. The normalized spacial score (nSPS) is 19.1. The molecule has 1 aliphatic heterocycles. The molecule has 1 aromatic heterocycles. The molecule has 5 nitrogen and oxygen atoms in total. The molecule has 1 saturated heterocycles. The van der Waals surface area contributed by atoms with Gasteiger partial charge >= 0.3 is 6.03 Å². The van der Waals surface area contributed by atoms with Crippen LogP contribution in [0.3, 0.4) is 0 Å². The third-order valence-electron chi connectivity index (χ3n) is 4.21. The number of urea groups is 1. The Balaban J connectivity index is 1.67. The molecule has 0 radical (unpaired) electrons. The van der Waals surface area contributed by atoms with Gasteiger partial charge < -0.3 is 4.90 Å². The highest BCUT2D eigenvalue weighted by atomic mass is 35.5. The van der Waals surface area contributed by atoms with Crippen LogP contribution >= 0.6 is 11.6 Å². The first-order valence-corrected chi connectivity index (χ1v) is 8.40. The lowest BCUT2D eigenvalue weighted by Gasteiger charge is -2.33. The van der Waals surface area contributed by atoms with Gasteiger partial charge in [0.15, 0.2) is 5.82 Å². The van der Waals surface area contributed by atoms with Gasteiger partial charge in [-0.25, -0.2) is 9.18 Å². The maximum absolute atomic E-state index is 14.1. The number of nitrogens with one attached hydrogen (secondary N) is 1. The lowest BCUT2D eigenvalue weighted by molar-refractivity contribution is 0.197. The number of anilines is 1. The Morgan fingerprint density at radius 3 is 2.96 bits per heavy atom. The number of likely N-dealkylation sites (tertiary alicyclic amines) is 1. The van der Waals surface area contributed by atoms with E-state index in [-0.39, 0.29) is 17.0 Å². The molecule has 2 aromatic rings. The van der Waals surface area contributed by atoms with Gasteiger partial charge in [-0.1, -0.05) is 42.3 Å². The van der Waals surface area contributed by atoms with Crippen LogP contribution < -0.4 is 5.32 Å². The number of carbonyl (C=O) groups excluding carboxylic acids is 1. The van der Waals surface area contributed by atoms with Crippen molar-refractivity contribution in [1.82, 2.24) is 15.1 Å².